The lowest BCUT2D eigenvalue weighted by Gasteiger charge is -2.19. The van der Waals surface area contributed by atoms with Gasteiger partial charge in [0.25, 0.3) is 6.08 Å². The van der Waals surface area contributed by atoms with Crippen LogP contribution in [0, 0.1) is 13.8 Å². The van der Waals surface area contributed by atoms with Crippen LogP contribution < -0.4 is 4.90 Å². The number of hydrogen-bond donors (Lipinski definition) is 0. The molecule has 0 aliphatic rings. The van der Waals surface area contributed by atoms with Crippen molar-refractivity contribution in [3.05, 3.63) is 52.1 Å². The largest absolute Gasteiger partial charge is 0.461 e. The van der Waals surface area contributed by atoms with Gasteiger partial charge in [0.05, 0.1) is 12.3 Å². The van der Waals surface area contributed by atoms with Crippen LogP contribution in [0.1, 0.15) is 41.2 Å². The van der Waals surface area contributed by atoms with E-state index in [0.29, 0.717) is 22.2 Å². The Morgan fingerprint density at radius 3 is 2.46 bits per heavy atom. The number of rotatable bonds is 7. The molecule has 1 heterocycles. The maximum atomic E-state index is 12.4. The number of esters is 1. The van der Waals surface area contributed by atoms with Gasteiger partial charge < -0.3 is 9.64 Å². The summed E-state index contributed by atoms with van der Waals surface area (Å²) < 4.78 is 29.9. The van der Waals surface area contributed by atoms with Crippen LogP contribution in [0.2, 0.25) is 0 Å². The van der Waals surface area contributed by atoms with Gasteiger partial charge in [-0.15, -0.1) is 0 Å². The Morgan fingerprint density at radius 2 is 1.88 bits per heavy atom. The number of benzene rings is 1. The summed E-state index contributed by atoms with van der Waals surface area (Å²) in [5, 5.41) is 0.701. The molecule has 1 aromatic carbocycles. The number of thiazole rings is 1. The minimum absolute atomic E-state index is 0.0171. The Hall–Kier alpha value is -2.28. The van der Waals surface area contributed by atoms with Crippen LogP contribution in [-0.2, 0) is 4.74 Å². The van der Waals surface area contributed by atoms with Crippen molar-refractivity contribution in [2.75, 3.05) is 18.1 Å². The third-order valence-electron chi connectivity index (χ3n) is 3.90. The summed E-state index contributed by atoms with van der Waals surface area (Å²) in [5.41, 5.74) is 2.66. The lowest BCUT2D eigenvalue weighted by atomic mass is 10.2. The Kier molecular flexibility index (Phi) is 6.85. The van der Waals surface area contributed by atoms with Gasteiger partial charge in [0.1, 0.15) is 4.88 Å². The first-order chi connectivity index (χ1) is 12.3. The molecule has 1 aromatic heterocycles. The van der Waals surface area contributed by atoms with E-state index in [1.165, 1.54) is 23.8 Å². The highest BCUT2D eigenvalue weighted by molar-refractivity contribution is 7.17. The van der Waals surface area contributed by atoms with Gasteiger partial charge in [0, 0.05) is 18.7 Å². The number of anilines is 2. The zero-order valence-electron chi connectivity index (χ0n) is 15.3. The summed E-state index contributed by atoms with van der Waals surface area (Å²) in [6.07, 6.45) is -1.71. The smallest absolute Gasteiger partial charge is 0.350 e. The first-order valence-electron chi connectivity index (χ1n) is 8.33. The minimum Gasteiger partial charge on any atom is -0.461 e. The zero-order chi connectivity index (χ0) is 19.3. The molecular formula is C19H22F2N2O2S. The van der Waals surface area contributed by atoms with Gasteiger partial charge in [-0.05, 0) is 45.4 Å². The number of ether oxygens (including phenoxy) is 1. The molecule has 2 aromatic rings. The number of carbonyl (C=O) groups excluding carboxylic acids is 1. The first-order valence-corrected chi connectivity index (χ1v) is 9.14. The standard InChI is InChI=1S/C19H22F2N2O2S/c1-5-23(15-8-6-12(2)7-9-15)19-22-14(4)16(26-19)18(24)25-11-10-13(3)17(20)21/h6-9H,5,10-11H2,1-4H3. The highest BCUT2D eigenvalue weighted by atomic mass is 32.1. The molecule has 2 rings (SSSR count). The summed E-state index contributed by atoms with van der Waals surface area (Å²) in [4.78, 5) is 19.1. The molecule has 26 heavy (non-hydrogen) atoms. The Labute approximate surface area is 156 Å². The molecule has 0 fully saturated rings. The lowest BCUT2D eigenvalue weighted by Crippen LogP contribution is -2.15. The van der Waals surface area contributed by atoms with Crippen molar-refractivity contribution in [1.82, 2.24) is 4.98 Å². The fourth-order valence-corrected chi connectivity index (χ4v) is 3.34. The lowest BCUT2D eigenvalue weighted by molar-refractivity contribution is 0.0512. The number of nitrogens with zero attached hydrogens (tertiary/aromatic N) is 2. The Bertz CT molecular complexity index is 796. The fourth-order valence-electron chi connectivity index (χ4n) is 2.30. The molecule has 0 N–H and O–H groups in total. The summed E-state index contributed by atoms with van der Waals surface area (Å²) in [7, 11) is 0. The second-order valence-electron chi connectivity index (χ2n) is 5.92. The molecule has 0 saturated heterocycles. The van der Waals surface area contributed by atoms with Crippen molar-refractivity contribution in [2.45, 2.75) is 34.1 Å². The molecule has 4 nitrogen and oxygen atoms in total. The Balaban J connectivity index is 2.13. The van der Waals surface area contributed by atoms with Gasteiger partial charge in [-0.2, -0.15) is 8.78 Å². The van der Waals surface area contributed by atoms with Crippen LogP contribution in [-0.4, -0.2) is 24.1 Å². The number of halogens is 2. The van der Waals surface area contributed by atoms with E-state index in [1.54, 1.807) is 6.92 Å². The molecule has 0 atom stereocenters. The molecule has 0 saturated carbocycles. The van der Waals surface area contributed by atoms with Gasteiger partial charge in [-0.25, -0.2) is 9.78 Å². The van der Waals surface area contributed by atoms with Crippen LogP contribution in [0.15, 0.2) is 35.9 Å². The van der Waals surface area contributed by atoms with Crippen molar-refractivity contribution in [1.29, 1.82) is 0 Å². The van der Waals surface area contributed by atoms with Crippen molar-refractivity contribution in [2.24, 2.45) is 0 Å². The summed E-state index contributed by atoms with van der Waals surface area (Å²) in [6.45, 7) is 7.71. The molecule has 0 amide bonds. The SMILES string of the molecule is CCN(c1ccc(C)cc1)c1nc(C)c(C(=O)OCCC(C)=C(F)F)s1. The van der Waals surface area contributed by atoms with Gasteiger partial charge in [-0.3, -0.25) is 0 Å². The third-order valence-corrected chi connectivity index (χ3v) is 5.06. The van der Waals surface area contributed by atoms with E-state index >= 15 is 0 Å². The molecule has 0 spiro atoms. The van der Waals surface area contributed by atoms with Gasteiger partial charge in [0.15, 0.2) is 5.13 Å². The molecule has 0 radical (unpaired) electrons. The quantitative estimate of drug-likeness (QED) is 0.583. The number of aromatic nitrogens is 1. The second kappa shape index (κ2) is 8.89. The second-order valence-corrected chi connectivity index (χ2v) is 6.89. The predicted octanol–water partition coefficient (Wildman–Crippen LogP) is 5.64. The van der Waals surface area contributed by atoms with E-state index in [0.717, 1.165) is 5.69 Å². The van der Waals surface area contributed by atoms with E-state index in [9.17, 15) is 13.6 Å². The van der Waals surface area contributed by atoms with E-state index < -0.39 is 12.0 Å². The summed E-state index contributed by atoms with van der Waals surface area (Å²) in [5.74, 6) is -0.529. The zero-order valence-corrected chi connectivity index (χ0v) is 16.1. The normalized spacial score (nSPS) is 10.5. The van der Waals surface area contributed by atoms with Crippen molar-refractivity contribution < 1.29 is 18.3 Å². The van der Waals surface area contributed by atoms with Gasteiger partial charge >= 0.3 is 5.97 Å². The average molecular weight is 380 g/mol. The van der Waals surface area contributed by atoms with Crippen LogP contribution in [0.3, 0.4) is 0 Å². The van der Waals surface area contributed by atoms with Gasteiger partial charge in [-0.1, -0.05) is 29.0 Å². The van der Waals surface area contributed by atoms with Crippen LogP contribution in [0.4, 0.5) is 19.6 Å². The molecule has 0 aliphatic carbocycles. The topological polar surface area (TPSA) is 42.4 Å². The van der Waals surface area contributed by atoms with E-state index in [1.807, 2.05) is 43.0 Å². The average Bonchev–Trinajstić information content (AvgIpc) is 2.98. The molecule has 0 aliphatic heterocycles. The van der Waals surface area contributed by atoms with E-state index in [4.69, 9.17) is 4.74 Å². The van der Waals surface area contributed by atoms with Crippen LogP contribution in [0.25, 0.3) is 0 Å². The van der Waals surface area contributed by atoms with Crippen LogP contribution >= 0.6 is 11.3 Å². The summed E-state index contributed by atoms with van der Waals surface area (Å²) in [6, 6.07) is 8.06. The number of aryl methyl sites for hydroxylation is 2. The maximum Gasteiger partial charge on any atom is 0.350 e. The van der Waals surface area contributed by atoms with Crippen molar-refractivity contribution in [3.8, 4) is 0 Å². The monoisotopic (exact) mass is 380 g/mol. The van der Waals surface area contributed by atoms with Crippen molar-refractivity contribution >= 4 is 28.1 Å². The van der Waals surface area contributed by atoms with Crippen LogP contribution in [0.5, 0.6) is 0 Å². The predicted molar refractivity (Wildman–Crippen MR) is 101 cm³/mol. The minimum atomic E-state index is -1.73. The molecule has 7 heteroatoms. The highest BCUT2D eigenvalue weighted by Crippen LogP contribution is 2.32. The van der Waals surface area contributed by atoms with E-state index in [-0.39, 0.29) is 18.6 Å². The van der Waals surface area contributed by atoms with Crippen molar-refractivity contribution in [3.63, 3.8) is 0 Å². The molecule has 140 valence electrons. The Morgan fingerprint density at radius 1 is 1.23 bits per heavy atom. The first kappa shape index (κ1) is 20.0. The maximum absolute atomic E-state index is 12.4. The molecule has 0 unspecified atom stereocenters. The fraction of sp³-hybridized carbons (Fsp3) is 0.368. The summed E-state index contributed by atoms with van der Waals surface area (Å²) >= 11 is 1.24. The molecular weight excluding hydrogens is 358 g/mol. The highest BCUT2D eigenvalue weighted by Gasteiger charge is 2.20. The molecule has 0 bridgehead atoms. The number of carbonyl (C=O) groups is 1. The number of hydrogen-bond acceptors (Lipinski definition) is 5. The van der Waals surface area contributed by atoms with E-state index in [2.05, 4.69) is 4.98 Å². The third kappa shape index (κ3) is 4.88. The van der Waals surface area contributed by atoms with Gasteiger partial charge in [0.2, 0.25) is 0 Å².